The third kappa shape index (κ3) is 3.99. The van der Waals surface area contributed by atoms with E-state index in [2.05, 4.69) is 10.3 Å². The highest BCUT2D eigenvalue weighted by molar-refractivity contribution is 7.98. The summed E-state index contributed by atoms with van der Waals surface area (Å²) in [6, 6.07) is 7.67. The van der Waals surface area contributed by atoms with Gasteiger partial charge in [0.1, 0.15) is 0 Å². The third-order valence-corrected chi connectivity index (χ3v) is 4.28. The van der Waals surface area contributed by atoms with Crippen molar-refractivity contribution in [1.29, 1.82) is 0 Å². The number of hydrogen-bond acceptors (Lipinski definition) is 4. The Balaban J connectivity index is 2.25. The Morgan fingerprint density at radius 2 is 2.14 bits per heavy atom. The van der Waals surface area contributed by atoms with Gasteiger partial charge in [-0.25, -0.2) is 0 Å². The van der Waals surface area contributed by atoms with Gasteiger partial charge in [0.15, 0.2) is 0 Å². The number of aliphatic hydroxyl groups is 1. The van der Waals surface area contributed by atoms with Gasteiger partial charge in [0, 0.05) is 5.39 Å². The minimum absolute atomic E-state index is 0.0501. The minimum Gasteiger partial charge on any atom is -0.394 e. The van der Waals surface area contributed by atoms with Gasteiger partial charge in [-0.3, -0.25) is 9.78 Å². The van der Waals surface area contributed by atoms with Crippen molar-refractivity contribution >= 4 is 28.6 Å². The molecule has 0 spiro atoms. The van der Waals surface area contributed by atoms with E-state index in [0.717, 1.165) is 28.6 Å². The molecule has 0 aliphatic heterocycles. The summed E-state index contributed by atoms with van der Waals surface area (Å²) in [6.45, 7) is 3.80. The normalized spacial score (nSPS) is 12.4. The summed E-state index contributed by atoms with van der Waals surface area (Å²) in [5.41, 5.74) is 3.30. The Labute approximate surface area is 135 Å². The molecular formula is C17H22N2O2S. The second-order valence-electron chi connectivity index (χ2n) is 5.45. The summed E-state index contributed by atoms with van der Waals surface area (Å²) >= 11 is 1.70. The Hall–Kier alpha value is -1.59. The molecule has 1 aromatic heterocycles. The molecule has 0 bridgehead atoms. The van der Waals surface area contributed by atoms with Crippen LogP contribution in [0.15, 0.2) is 24.3 Å². The van der Waals surface area contributed by atoms with Crippen LogP contribution in [0.5, 0.6) is 0 Å². The first-order valence-electron chi connectivity index (χ1n) is 7.34. The average molecular weight is 318 g/mol. The minimum atomic E-state index is -0.215. The molecule has 0 radical (unpaired) electrons. The van der Waals surface area contributed by atoms with Crippen molar-refractivity contribution < 1.29 is 9.90 Å². The number of thioether (sulfide) groups is 1. The smallest absolute Gasteiger partial charge is 0.253 e. The summed E-state index contributed by atoms with van der Waals surface area (Å²) in [6.07, 6.45) is 2.76. The van der Waals surface area contributed by atoms with Crippen LogP contribution in [-0.2, 0) is 0 Å². The molecule has 1 amide bonds. The zero-order valence-electron chi connectivity index (χ0n) is 13.2. The molecule has 118 valence electrons. The standard InChI is InChI=1S/C17H22N2O2S/c1-11-4-5-16-13(8-11)9-15(12(2)18-16)17(21)19-14(10-20)6-7-22-3/h4-5,8-9,14,20H,6-7,10H2,1-3H3,(H,19,21)/t14-/m0/s1. The fraction of sp³-hybridized carbons (Fsp3) is 0.412. The van der Waals surface area contributed by atoms with Crippen LogP contribution in [0.1, 0.15) is 28.0 Å². The van der Waals surface area contributed by atoms with Crippen LogP contribution in [0.4, 0.5) is 0 Å². The fourth-order valence-electron chi connectivity index (χ4n) is 2.35. The lowest BCUT2D eigenvalue weighted by Gasteiger charge is -2.16. The number of pyridine rings is 1. The van der Waals surface area contributed by atoms with E-state index < -0.39 is 0 Å². The fourth-order valence-corrected chi connectivity index (χ4v) is 2.87. The van der Waals surface area contributed by atoms with Gasteiger partial charge in [0.2, 0.25) is 0 Å². The highest BCUT2D eigenvalue weighted by Gasteiger charge is 2.16. The van der Waals surface area contributed by atoms with Crippen LogP contribution in [0.25, 0.3) is 10.9 Å². The number of amides is 1. The van der Waals surface area contributed by atoms with E-state index in [1.165, 1.54) is 0 Å². The number of carbonyl (C=O) groups excluding carboxylic acids is 1. The van der Waals surface area contributed by atoms with Crippen LogP contribution in [-0.4, -0.2) is 40.7 Å². The zero-order chi connectivity index (χ0) is 16.1. The Morgan fingerprint density at radius 3 is 2.82 bits per heavy atom. The van der Waals surface area contributed by atoms with Crippen LogP contribution in [0.3, 0.4) is 0 Å². The number of rotatable bonds is 6. The molecule has 0 aliphatic carbocycles. The molecule has 0 unspecified atom stereocenters. The molecule has 1 aromatic carbocycles. The molecule has 0 saturated heterocycles. The van der Waals surface area contributed by atoms with Crippen molar-refractivity contribution in [2.45, 2.75) is 26.3 Å². The lowest BCUT2D eigenvalue weighted by atomic mass is 10.1. The quantitative estimate of drug-likeness (QED) is 0.859. The number of hydrogen-bond donors (Lipinski definition) is 2. The van der Waals surface area contributed by atoms with Gasteiger partial charge in [0.25, 0.3) is 5.91 Å². The highest BCUT2D eigenvalue weighted by Crippen LogP contribution is 2.18. The number of aryl methyl sites for hydroxylation is 2. The van der Waals surface area contributed by atoms with Crippen molar-refractivity contribution in [3.8, 4) is 0 Å². The van der Waals surface area contributed by atoms with Gasteiger partial charge >= 0.3 is 0 Å². The molecular weight excluding hydrogens is 296 g/mol. The van der Waals surface area contributed by atoms with Crippen molar-refractivity contribution in [3.63, 3.8) is 0 Å². The van der Waals surface area contributed by atoms with Crippen LogP contribution in [0, 0.1) is 13.8 Å². The largest absolute Gasteiger partial charge is 0.394 e. The van der Waals surface area contributed by atoms with Gasteiger partial charge in [-0.2, -0.15) is 11.8 Å². The SMILES string of the molecule is CSCC[C@@H](CO)NC(=O)c1cc2cc(C)ccc2nc1C. The monoisotopic (exact) mass is 318 g/mol. The van der Waals surface area contributed by atoms with Crippen LogP contribution < -0.4 is 5.32 Å². The first kappa shape index (κ1) is 16.8. The number of aromatic nitrogens is 1. The van der Waals surface area contributed by atoms with Crippen molar-refractivity contribution in [3.05, 3.63) is 41.1 Å². The summed E-state index contributed by atoms with van der Waals surface area (Å²) in [7, 11) is 0. The average Bonchev–Trinajstić information content (AvgIpc) is 2.50. The van der Waals surface area contributed by atoms with Crippen molar-refractivity contribution in [2.24, 2.45) is 0 Å². The lowest BCUT2D eigenvalue weighted by molar-refractivity contribution is 0.0914. The Kier molecular flexibility index (Phi) is 5.80. The molecule has 5 heteroatoms. The molecule has 2 rings (SSSR count). The molecule has 0 aliphatic rings. The van der Waals surface area contributed by atoms with Gasteiger partial charge in [-0.05, 0) is 50.5 Å². The molecule has 22 heavy (non-hydrogen) atoms. The summed E-state index contributed by atoms with van der Waals surface area (Å²) in [5.74, 6) is 0.730. The van der Waals surface area contributed by atoms with Gasteiger partial charge < -0.3 is 10.4 Å². The van der Waals surface area contributed by atoms with E-state index in [-0.39, 0.29) is 18.6 Å². The molecule has 2 aromatic rings. The van der Waals surface area contributed by atoms with Crippen molar-refractivity contribution in [2.75, 3.05) is 18.6 Å². The molecule has 1 heterocycles. The number of benzene rings is 1. The number of nitrogens with zero attached hydrogens (tertiary/aromatic N) is 1. The molecule has 4 nitrogen and oxygen atoms in total. The zero-order valence-corrected chi connectivity index (χ0v) is 14.0. The summed E-state index contributed by atoms with van der Waals surface area (Å²) in [5, 5.41) is 13.2. The van der Waals surface area contributed by atoms with E-state index in [1.54, 1.807) is 11.8 Å². The molecule has 0 saturated carbocycles. The number of aliphatic hydroxyl groups excluding tert-OH is 1. The highest BCUT2D eigenvalue weighted by atomic mass is 32.2. The van der Waals surface area contributed by atoms with E-state index in [0.29, 0.717) is 11.3 Å². The maximum atomic E-state index is 12.5. The first-order valence-corrected chi connectivity index (χ1v) is 8.73. The molecule has 1 atom stereocenters. The van der Waals surface area contributed by atoms with Crippen molar-refractivity contribution in [1.82, 2.24) is 10.3 Å². The number of fused-ring (bicyclic) bond motifs is 1. The van der Waals surface area contributed by atoms with E-state index in [9.17, 15) is 9.90 Å². The molecule has 2 N–H and O–H groups in total. The predicted molar refractivity (Wildman–Crippen MR) is 92.6 cm³/mol. The predicted octanol–water partition coefficient (Wildman–Crippen LogP) is 2.70. The first-order chi connectivity index (χ1) is 10.5. The number of carbonyl (C=O) groups is 1. The van der Waals surface area contributed by atoms with E-state index in [1.807, 2.05) is 44.4 Å². The van der Waals surface area contributed by atoms with E-state index in [4.69, 9.17) is 0 Å². The summed E-state index contributed by atoms with van der Waals surface area (Å²) < 4.78 is 0. The second-order valence-corrected chi connectivity index (χ2v) is 6.44. The third-order valence-electron chi connectivity index (χ3n) is 3.63. The Bertz CT molecular complexity index is 673. The molecule has 0 fully saturated rings. The van der Waals surface area contributed by atoms with Gasteiger partial charge in [-0.15, -0.1) is 0 Å². The lowest BCUT2D eigenvalue weighted by Crippen LogP contribution is -2.38. The maximum absolute atomic E-state index is 12.5. The Morgan fingerprint density at radius 1 is 1.36 bits per heavy atom. The second kappa shape index (κ2) is 7.61. The van der Waals surface area contributed by atoms with Crippen LogP contribution in [0.2, 0.25) is 0 Å². The maximum Gasteiger partial charge on any atom is 0.253 e. The van der Waals surface area contributed by atoms with Gasteiger partial charge in [-0.1, -0.05) is 11.6 Å². The van der Waals surface area contributed by atoms with Gasteiger partial charge in [0.05, 0.1) is 29.4 Å². The van der Waals surface area contributed by atoms with Crippen LogP contribution >= 0.6 is 11.8 Å². The topological polar surface area (TPSA) is 62.2 Å². The van der Waals surface area contributed by atoms with E-state index >= 15 is 0 Å². The summed E-state index contributed by atoms with van der Waals surface area (Å²) in [4.78, 5) is 17.0. The number of nitrogens with one attached hydrogen (secondary N) is 1.